The lowest BCUT2D eigenvalue weighted by Gasteiger charge is -2.06. The number of aromatic nitrogens is 2. The van der Waals surface area contributed by atoms with Crippen molar-refractivity contribution in [2.45, 2.75) is 0 Å². The molecule has 2 nitrogen and oxygen atoms in total. The van der Waals surface area contributed by atoms with Crippen LogP contribution in [0.3, 0.4) is 0 Å². The van der Waals surface area contributed by atoms with Crippen LogP contribution in [0.4, 0.5) is 0 Å². The van der Waals surface area contributed by atoms with Gasteiger partial charge in [0.2, 0.25) is 0 Å². The Balaban J connectivity index is 2.06. The standard InChI is InChI=1S/C16H11BrN2/c17-16-6-2-5-14(8-16)12-3-1-4-13(7-12)15-9-18-11-19-10-15/h1-11H. The number of hydrogen-bond acceptors (Lipinski definition) is 2. The second-order valence-electron chi connectivity index (χ2n) is 4.22. The molecule has 0 amide bonds. The molecular formula is C16H11BrN2. The predicted octanol–water partition coefficient (Wildman–Crippen LogP) is 4.57. The maximum Gasteiger partial charge on any atom is 0.115 e. The van der Waals surface area contributed by atoms with Gasteiger partial charge in [0.05, 0.1) is 0 Å². The quantitative estimate of drug-likeness (QED) is 0.692. The Morgan fingerprint density at radius 3 is 1.95 bits per heavy atom. The number of rotatable bonds is 2. The third kappa shape index (κ3) is 2.71. The fraction of sp³-hybridized carbons (Fsp3) is 0. The van der Waals surface area contributed by atoms with Gasteiger partial charge < -0.3 is 0 Å². The van der Waals surface area contributed by atoms with Crippen LogP contribution in [0, 0.1) is 0 Å². The summed E-state index contributed by atoms with van der Waals surface area (Å²) in [6, 6.07) is 16.7. The van der Waals surface area contributed by atoms with Crippen molar-refractivity contribution in [3.05, 3.63) is 71.7 Å². The lowest BCUT2D eigenvalue weighted by Crippen LogP contribution is -1.83. The molecule has 0 fully saturated rings. The number of benzene rings is 2. The molecule has 0 aliphatic heterocycles. The molecule has 0 unspecified atom stereocenters. The first-order chi connectivity index (χ1) is 9.33. The van der Waals surface area contributed by atoms with E-state index in [0.717, 1.165) is 15.6 Å². The highest BCUT2D eigenvalue weighted by Gasteiger charge is 2.02. The van der Waals surface area contributed by atoms with Gasteiger partial charge in [-0.05, 0) is 34.9 Å². The van der Waals surface area contributed by atoms with E-state index in [1.54, 1.807) is 6.33 Å². The van der Waals surface area contributed by atoms with Crippen LogP contribution in [-0.2, 0) is 0 Å². The first-order valence-corrected chi connectivity index (χ1v) is 6.73. The maximum atomic E-state index is 4.06. The van der Waals surface area contributed by atoms with E-state index in [9.17, 15) is 0 Å². The van der Waals surface area contributed by atoms with Crippen molar-refractivity contribution in [2.24, 2.45) is 0 Å². The van der Waals surface area contributed by atoms with Crippen LogP contribution in [0.15, 0.2) is 71.7 Å². The smallest absolute Gasteiger partial charge is 0.115 e. The van der Waals surface area contributed by atoms with E-state index in [2.05, 4.69) is 62.3 Å². The van der Waals surface area contributed by atoms with Crippen LogP contribution >= 0.6 is 15.9 Å². The van der Waals surface area contributed by atoms with Gasteiger partial charge in [-0.15, -0.1) is 0 Å². The Bertz CT molecular complexity index is 696. The van der Waals surface area contributed by atoms with Gasteiger partial charge in [0.15, 0.2) is 0 Å². The summed E-state index contributed by atoms with van der Waals surface area (Å²) >= 11 is 3.50. The van der Waals surface area contributed by atoms with E-state index in [0.29, 0.717) is 0 Å². The molecule has 0 spiro atoms. The zero-order valence-electron chi connectivity index (χ0n) is 10.1. The molecule has 0 radical (unpaired) electrons. The number of nitrogens with zero attached hydrogens (tertiary/aromatic N) is 2. The summed E-state index contributed by atoms with van der Waals surface area (Å²) in [6.45, 7) is 0. The zero-order valence-corrected chi connectivity index (χ0v) is 11.7. The molecule has 1 heterocycles. The Hall–Kier alpha value is -2.00. The van der Waals surface area contributed by atoms with Crippen LogP contribution < -0.4 is 0 Å². The van der Waals surface area contributed by atoms with Crippen molar-refractivity contribution >= 4 is 15.9 Å². The molecule has 2 aromatic carbocycles. The Morgan fingerprint density at radius 2 is 1.26 bits per heavy atom. The van der Waals surface area contributed by atoms with Crippen molar-refractivity contribution in [3.63, 3.8) is 0 Å². The predicted molar refractivity (Wildman–Crippen MR) is 80.6 cm³/mol. The normalized spacial score (nSPS) is 10.4. The van der Waals surface area contributed by atoms with Crippen molar-refractivity contribution in [2.75, 3.05) is 0 Å². The molecule has 3 heteroatoms. The van der Waals surface area contributed by atoms with E-state index in [4.69, 9.17) is 0 Å². The summed E-state index contributed by atoms with van der Waals surface area (Å²) in [5.74, 6) is 0. The minimum Gasteiger partial charge on any atom is -0.244 e. The Labute approximate surface area is 120 Å². The zero-order chi connectivity index (χ0) is 13.1. The summed E-state index contributed by atoms with van der Waals surface area (Å²) in [5, 5.41) is 0. The molecule has 3 aromatic rings. The lowest BCUT2D eigenvalue weighted by molar-refractivity contribution is 1.17. The molecule has 92 valence electrons. The minimum atomic E-state index is 1.03. The number of halogens is 1. The van der Waals surface area contributed by atoms with E-state index in [-0.39, 0.29) is 0 Å². The monoisotopic (exact) mass is 310 g/mol. The topological polar surface area (TPSA) is 25.8 Å². The van der Waals surface area contributed by atoms with Crippen molar-refractivity contribution in [1.29, 1.82) is 0 Å². The molecular weight excluding hydrogens is 300 g/mol. The summed E-state index contributed by atoms with van der Waals surface area (Å²) in [5.41, 5.74) is 4.52. The maximum absolute atomic E-state index is 4.06. The summed E-state index contributed by atoms with van der Waals surface area (Å²) in [7, 11) is 0. The van der Waals surface area contributed by atoms with Gasteiger partial charge in [0, 0.05) is 22.4 Å². The third-order valence-corrected chi connectivity index (χ3v) is 3.41. The second-order valence-corrected chi connectivity index (χ2v) is 5.13. The van der Waals surface area contributed by atoms with Gasteiger partial charge in [-0.3, -0.25) is 0 Å². The highest BCUT2D eigenvalue weighted by molar-refractivity contribution is 9.10. The highest BCUT2D eigenvalue weighted by Crippen LogP contribution is 2.27. The molecule has 0 saturated carbocycles. The SMILES string of the molecule is Brc1cccc(-c2cccc(-c3cncnc3)c2)c1. The fourth-order valence-corrected chi connectivity index (χ4v) is 2.39. The first-order valence-electron chi connectivity index (χ1n) is 5.94. The Kier molecular flexibility index (Phi) is 3.38. The summed E-state index contributed by atoms with van der Waals surface area (Å²) < 4.78 is 1.08. The molecule has 0 N–H and O–H groups in total. The fourth-order valence-electron chi connectivity index (χ4n) is 1.99. The molecule has 0 bridgehead atoms. The van der Waals surface area contributed by atoms with Crippen molar-refractivity contribution < 1.29 is 0 Å². The Morgan fingerprint density at radius 1 is 0.684 bits per heavy atom. The van der Waals surface area contributed by atoms with E-state index in [1.165, 1.54) is 11.1 Å². The van der Waals surface area contributed by atoms with Gasteiger partial charge in [-0.1, -0.05) is 46.3 Å². The molecule has 1 aromatic heterocycles. The van der Waals surface area contributed by atoms with E-state index >= 15 is 0 Å². The van der Waals surface area contributed by atoms with Crippen LogP contribution in [0.5, 0.6) is 0 Å². The largest absolute Gasteiger partial charge is 0.244 e. The van der Waals surface area contributed by atoms with Crippen LogP contribution in [0.1, 0.15) is 0 Å². The van der Waals surface area contributed by atoms with Crippen LogP contribution in [0.25, 0.3) is 22.3 Å². The molecule has 19 heavy (non-hydrogen) atoms. The lowest BCUT2D eigenvalue weighted by atomic mass is 10.0. The van der Waals surface area contributed by atoms with Crippen LogP contribution in [0.2, 0.25) is 0 Å². The molecule has 0 saturated heterocycles. The second kappa shape index (κ2) is 5.33. The van der Waals surface area contributed by atoms with Gasteiger partial charge in [0.25, 0.3) is 0 Å². The number of hydrogen-bond donors (Lipinski definition) is 0. The minimum absolute atomic E-state index is 1.03. The first kappa shape index (κ1) is 12.1. The molecule has 0 aliphatic rings. The van der Waals surface area contributed by atoms with Gasteiger partial charge in [0.1, 0.15) is 6.33 Å². The highest BCUT2D eigenvalue weighted by atomic mass is 79.9. The van der Waals surface area contributed by atoms with Crippen molar-refractivity contribution in [1.82, 2.24) is 9.97 Å². The average molecular weight is 311 g/mol. The van der Waals surface area contributed by atoms with Gasteiger partial charge in [-0.2, -0.15) is 0 Å². The molecule has 0 aliphatic carbocycles. The van der Waals surface area contributed by atoms with Gasteiger partial charge in [-0.25, -0.2) is 9.97 Å². The summed E-state index contributed by atoms with van der Waals surface area (Å²) in [6.07, 6.45) is 5.20. The summed E-state index contributed by atoms with van der Waals surface area (Å²) in [4.78, 5) is 8.12. The van der Waals surface area contributed by atoms with Crippen LogP contribution in [-0.4, -0.2) is 9.97 Å². The van der Waals surface area contributed by atoms with Crippen molar-refractivity contribution in [3.8, 4) is 22.3 Å². The average Bonchev–Trinajstić information content (AvgIpc) is 2.48. The van der Waals surface area contributed by atoms with E-state index in [1.807, 2.05) is 24.5 Å². The molecule has 3 rings (SSSR count). The van der Waals surface area contributed by atoms with Gasteiger partial charge >= 0.3 is 0 Å². The molecule has 0 atom stereocenters. The van der Waals surface area contributed by atoms with E-state index < -0.39 is 0 Å². The third-order valence-electron chi connectivity index (χ3n) is 2.91.